The highest BCUT2D eigenvalue weighted by Gasteiger charge is 2.47. The third-order valence-electron chi connectivity index (χ3n) is 4.46. The molecule has 0 radical (unpaired) electrons. The Kier molecular flexibility index (Phi) is 4.16. The zero-order valence-electron chi connectivity index (χ0n) is 11.5. The third kappa shape index (κ3) is 2.98. The summed E-state index contributed by atoms with van der Waals surface area (Å²) in [6.07, 6.45) is 1.04. The average molecular weight is 294 g/mol. The van der Waals surface area contributed by atoms with Crippen LogP contribution in [-0.4, -0.2) is 32.7 Å². The van der Waals surface area contributed by atoms with E-state index in [0.29, 0.717) is 22.3 Å². The highest BCUT2D eigenvalue weighted by atomic mass is 32.2. The van der Waals surface area contributed by atoms with Crippen LogP contribution < -0.4 is 0 Å². The Hall–Kier alpha value is -0.120. The smallest absolute Gasteiger partial charge is 0.0701 e. The molecular formula is C16H22OS2. The fraction of sp³-hybridized carbons (Fsp3) is 0.625. The summed E-state index contributed by atoms with van der Waals surface area (Å²) < 4.78 is 0. The second-order valence-corrected chi connectivity index (χ2v) is 8.86. The van der Waals surface area contributed by atoms with Gasteiger partial charge < -0.3 is 5.11 Å². The molecule has 1 aromatic rings. The second kappa shape index (κ2) is 5.71. The lowest BCUT2D eigenvalue weighted by Gasteiger charge is -2.34. The van der Waals surface area contributed by atoms with Gasteiger partial charge in [-0.2, -0.15) is 23.5 Å². The van der Waals surface area contributed by atoms with Crippen LogP contribution in [0, 0.1) is 5.92 Å². The van der Waals surface area contributed by atoms with Gasteiger partial charge >= 0.3 is 0 Å². The third-order valence-corrected chi connectivity index (χ3v) is 7.96. The fourth-order valence-electron chi connectivity index (χ4n) is 2.94. The molecule has 0 bridgehead atoms. The van der Waals surface area contributed by atoms with Crippen LogP contribution in [0.1, 0.15) is 31.7 Å². The molecule has 6 atom stereocenters. The van der Waals surface area contributed by atoms with E-state index in [1.807, 2.05) is 23.5 Å². The summed E-state index contributed by atoms with van der Waals surface area (Å²) in [5.41, 5.74) is 1.40. The number of aliphatic hydroxyl groups is 1. The molecule has 2 fully saturated rings. The quantitative estimate of drug-likeness (QED) is 0.916. The number of thioether (sulfide) groups is 2. The van der Waals surface area contributed by atoms with Crippen LogP contribution in [0.5, 0.6) is 0 Å². The molecule has 1 saturated carbocycles. The van der Waals surface area contributed by atoms with Crippen molar-refractivity contribution < 1.29 is 5.11 Å². The van der Waals surface area contributed by atoms with E-state index >= 15 is 0 Å². The molecule has 0 spiro atoms. The first-order valence-corrected chi connectivity index (χ1v) is 9.16. The van der Waals surface area contributed by atoms with Crippen molar-refractivity contribution in [3.8, 4) is 0 Å². The van der Waals surface area contributed by atoms with Crippen LogP contribution in [0.2, 0.25) is 0 Å². The van der Waals surface area contributed by atoms with Gasteiger partial charge in [0.1, 0.15) is 0 Å². The minimum Gasteiger partial charge on any atom is -0.392 e. The monoisotopic (exact) mass is 294 g/mol. The predicted molar refractivity (Wildman–Crippen MR) is 86.1 cm³/mol. The van der Waals surface area contributed by atoms with Gasteiger partial charge in [-0.3, -0.25) is 0 Å². The molecule has 0 aromatic heterocycles. The van der Waals surface area contributed by atoms with Crippen LogP contribution in [0.3, 0.4) is 0 Å². The van der Waals surface area contributed by atoms with Crippen molar-refractivity contribution in [3.05, 3.63) is 35.9 Å². The highest BCUT2D eigenvalue weighted by Crippen LogP contribution is 2.52. The minimum atomic E-state index is -0.127. The molecule has 6 unspecified atom stereocenters. The SMILES string of the molecule is CC1SCC(C(O)C2CC2c2ccccc2)SC1C. The Morgan fingerprint density at radius 1 is 1.16 bits per heavy atom. The first kappa shape index (κ1) is 13.8. The summed E-state index contributed by atoms with van der Waals surface area (Å²) >= 11 is 4.02. The lowest BCUT2D eigenvalue weighted by molar-refractivity contribution is 0.151. The van der Waals surface area contributed by atoms with E-state index in [9.17, 15) is 5.11 Å². The maximum absolute atomic E-state index is 10.6. The van der Waals surface area contributed by atoms with Crippen molar-refractivity contribution in [1.82, 2.24) is 0 Å². The van der Waals surface area contributed by atoms with Crippen molar-refractivity contribution in [1.29, 1.82) is 0 Å². The van der Waals surface area contributed by atoms with Gasteiger partial charge in [0.15, 0.2) is 0 Å². The number of rotatable bonds is 3. The van der Waals surface area contributed by atoms with E-state index in [0.717, 1.165) is 17.4 Å². The summed E-state index contributed by atoms with van der Waals surface area (Å²) in [7, 11) is 0. The van der Waals surface area contributed by atoms with Crippen molar-refractivity contribution >= 4 is 23.5 Å². The molecule has 2 aliphatic rings. The van der Waals surface area contributed by atoms with Gasteiger partial charge in [-0.1, -0.05) is 44.2 Å². The molecule has 19 heavy (non-hydrogen) atoms. The maximum Gasteiger partial charge on any atom is 0.0701 e. The Balaban J connectivity index is 1.59. The van der Waals surface area contributed by atoms with E-state index in [1.165, 1.54) is 5.56 Å². The van der Waals surface area contributed by atoms with Gasteiger partial charge in [-0.25, -0.2) is 0 Å². The molecule has 0 amide bonds. The molecule has 1 saturated heterocycles. The topological polar surface area (TPSA) is 20.2 Å². The van der Waals surface area contributed by atoms with Crippen LogP contribution in [0.15, 0.2) is 30.3 Å². The molecule has 3 heteroatoms. The summed E-state index contributed by atoms with van der Waals surface area (Å²) in [5.74, 6) is 2.19. The van der Waals surface area contributed by atoms with E-state index in [2.05, 4.69) is 44.2 Å². The number of benzene rings is 1. The number of hydrogen-bond acceptors (Lipinski definition) is 3. The lowest BCUT2D eigenvalue weighted by atomic mass is 10.1. The minimum absolute atomic E-state index is 0.127. The summed E-state index contributed by atoms with van der Waals surface area (Å²) in [6, 6.07) is 10.7. The van der Waals surface area contributed by atoms with Crippen LogP contribution in [0.25, 0.3) is 0 Å². The van der Waals surface area contributed by atoms with Crippen LogP contribution in [0.4, 0.5) is 0 Å². The Morgan fingerprint density at radius 2 is 1.89 bits per heavy atom. The van der Waals surface area contributed by atoms with Gasteiger partial charge in [-0.05, 0) is 23.8 Å². The molecular weight excluding hydrogens is 272 g/mol. The van der Waals surface area contributed by atoms with Crippen molar-refractivity contribution in [2.75, 3.05) is 5.75 Å². The number of hydrogen-bond donors (Lipinski definition) is 1. The molecule has 3 rings (SSSR count). The standard InChI is InChI=1S/C16H22OS2/c1-10-11(2)19-15(9-18-10)16(17)14-8-13(14)12-6-4-3-5-7-12/h3-7,10-11,13-17H,8-9H2,1-2H3. The molecule has 104 valence electrons. The average Bonchev–Trinajstić information content (AvgIpc) is 3.22. The van der Waals surface area contributed by atoms with E-state index in [4.69, 9.17) is 0 Å². The molecule has 1 aliphatic heterocycles. The predicted octanol–water partition coefficient (Wildman–Crippen LogP) is 3.78. The van der Waals surface area contributed by atoms with Gasteiger partial charge in [0, 0.05) is 21.5 Å². The summed E-state index contributed by atoms with van der Waals surface area (Å²) in [6.45, 7) is 4.59. The zero-order valence-corrected chi connectivity index (χ0v) is 13.2. The normalized spacial score (nSPS) is 39.8. The van der Waals surface area contributed by atoms with E-state index in [-0.39, 0.29) is 6.10 Å². The van der Waals surface area contributed by atoms with Crippen molar-refractivity contribution in [2.45, 2.75) is 48.0 Å². The van der Waals surface area contributed by atoms with Crippen LogP contribution in [-0.2, 0) is 0 Å². The lowest BCUT2D eigenvalue weighted by Crippen LogP contribution is -2.35. The molecule has 1 nitrogen and oxygen atoms in total. The maximum atomic E-state index is 10.6. The van der Waals surface area contributed by atoms with Gasteiger partial charge in [0.05, 0.1) is 6.10 Å². The first-order valence-electron chi connectivity index (χ1n) is 7.17. The van der Waals surface area contributed by atoms with Gasteiger partial charge in [0.25, 0.3) is 0 Å². The molecule has 1 aliphatic carbocycles. The van der Waals surface area contributed by atoms with E-state index in [1.54, 1.807) is 0 Å². The second-order valence-electron chi connectivity index (χ2n) is 5.83. The van der Waals surface area contributed by atoms with Gasteiger partial charge in [0.2, 0.25) is 0 Å². The van der Waals surface area contributed by atoms with E-state index < -0.39 is 0 Å². The fourth-order valence-corrected chi connectivity index (χ4v) is 6.01. The van der Waals surface area contributed by atoms with Gasteiger partial charge in [-0.15, -0.1) is 0 Å². The molecule has 1 heterocycles. The molecule has 1 N–H and O–H groups in total. The largest absolute Gasteiger partial charge is 0.392 e. The van der Waals surface area contributed by atoms with Crippen LogP contribution >= 0.6 is 23.5 Å². The first-order chi connectivity index (χ1) is 9.16. The number of aliphatic hydroxyl groups excluding tert-OH is 1. The van der Waals surface area contributed by atoms with Crippen molar-refractivity contribution in [3.63, 3.8) is 0 Å². The Morgan fingerprint density at radius 3 is 2.58 bits per heavy atom. The summed E-state index contributed by atoms with van der Waals surface area (Å²) in [5, 5.41) is 12.4. The Labute approximate surface area is 124 Å². The highest BCUT2D eigenvalue weighted by molar-refractivity contribution is 8.07. The summed E-state index contributed by atoms with van der Waals surface area (Å²) in [4.78, 5) is 0. The zero-order chi connectivity index (χ0) is 13.4. The van der Waals surface area contributed by atoms with Crippen molar-refractivity contribution in [2.24, 2.45) is 5.92 Å². The Bertz CT molecular complexity index is 422. The molecule has 1 aromatic carbocycles.